The number of hydrogen-bond acceptors (Lipinski definition) is 3. The standard InChI is InChI=1S/C24H30F3N5O2/c1-5-16-10-17(12-18(11-16)24(25,26)27)15(3)30(4)23(34)32-9-8-31-20(6-7-21(31)33)22(32)19-13-28-29-14(19)2/h10-13,15,20,22H,5-9H2,1-4H3,(H,28,29)/t15-,20+,22+/m1/s1. The number of carbonyl (C=O) groups is 2. The zero-order chi connectivity index (χ0) is 24.8. The second-order valence-corrected chi connectivity index (χ2v) is 9.17. The third-order valence-electron chi connectivity index (χ3n) is 7.21. The van der Waals surface area contributed by atoms with Crippen molar-refractivity contribution in [1.29, 1.82) is 0 Å². The molecular weight excluding hydrogens is 447 g/mol. The van der Waals surface area contributed by atoms with Crippen LogP contribution in [0.1, 0.15) is 66.7 Å². The molecule has 3 heterocycles. The Labute approximate surface area is 196 Å². The molecule has 0 bridgehead atoms. The number of hydrogen-bond donors (Lipinski definition) is 1. The summed E-state index contributed by atoms with van der Waals surface area (Å²) in [5.74, 6) is 0.0843. The number of rotatable bonds is 4. The number of fused-ring (bicyclic) bond motifs is 1. The van der Waals surface area contributed by atoms with E-state index in [9.17, 15) is 22.8 Å². The fourth-order valence-electron chi connectivity index (χ4n) is 5.10. The van der Waals surface area contributed by atoms with Crippen LogP contribution in [0.5, 0.6) is 0 Å². The van der Waals surface area contributed by atoms with E-state index in [2.05, 4.69) is 10.2 Å². The molecule has 2 saturated heterocycles. The van der Waals surface area contributed by atoms with Crippen molar-refractivity contribution in [2.75, 3.05) is 20.1 Å². The second-order valence-electron chi connectivity index (χ2n) is 9.17. The van der Waals surface area contributed by atoms with Crippen LogP contribution in [0.2, 0.25) is 0 Å². The highest BCUT2D eigenvalue weighted by molar-refractivity contribution is 5.81. The summed E-state index contributed by atoms with van der Waals surface area (Å²) in [4.78, 5) is 31.2. The van der Waals surface area contributed by atoms with Gasteiger partial charge in [0.2, 0.25) is 5.91 Å². The van der Waals surface area contributed by atoms with E-state index in [1.54, 1.807) is 38.1 Å². The molecule has 0 aliphatic carbocycles. The number of urea groups is 1. The Hall–Kier alpha value is -3.04. The smallest absolute Gasteiger partial charge is 0.335 e. The minimum atomic E-state index is -4.46. The molecule has 0 radical (unpaired) electrons. The lowest BCUT2D eigenvalue weighted by molar-refractivity contribution is -0.137. The van der Waals surface area contributed by atoms with E-state index in [-0.39, 0.29) is 24.0 Å². The average Bonchev–Trinajstić information content (AvgIpc) is 3.41. The summed E-state index contributed by atoms with van der Waals surface area (Å²) in [5.41, 5.74) is 1.98. The zero-order valence-electron chi connectivity index (χ0n) is 19.8. The van der Waals surface area contributed by atoms with Gasteiger partial charge in [0, 0.05) is 37.8 Å². The van der Waals surface area contributed by atoms with Crippen LogP contribution in [-0.2, 0) is 17.4 Å². The number of carbonyl (C=O) groups excluding carboxylic acids is 2. The molecule has 0 spiro atoms. The van der Waals surface area contributed by atoms with Gasteiger partial charge >= 0.3 is 12.2 Å². The van der Waals surface area contributed by atoms with Gasteiger partial charge in [0.1, 0.15) is 0 Å². The van der Waals surface area contributed by atoms with Gasteiger partial charge in [0.15, 0.2) is 0 Å². The van der Waals surface area contributed by atoms with Crippen LogP contribution in [0, 0.1) is 6.92 Å². The van der Waals surface area contributed by atoms with E-state index < -0.39 is 17.8 Å². The van der Waals surface area contributed by atoms with Gasteiger partial charge in [-0.15, -0.1) is 0 Å². The second kappa shape index (κ2) is 8.96. The normalized spacial score (nSPS) is 21.6. The molecule has 7 nitrogen and oxygen atoms in total. The molecular formula is C24H30F3N5O2. The van der Waals surface area contributed by atoms with Crippen molar-refractivity contribution in [3.63, 3.8) is 0 Å². The molecule has 2 aromatic rings. The third kappa shape index (κ3) is 4.25. The largest absolute Gasteiger partial charge is 0.416 e. The number of aryl methyl sites for hydroxylation is 2. The fourth-order valence-corrected chi connectivity index (χ4v) is 5.10. The Kier molecular flexibility index (Phi) is 6.35. The Balaban J connectivity index is 1.65. The van der Waals surface area contributed by atoms with Gasteiger partial charge in [-0.05, 0) is 49.9 Å². The Morgan fingerprint density at radius 3 is 2.65 bits per heavy atom. The topological polar surface area (TPSA) is 72.5 Å². The maximum Gasteiger partial charge on any atom is 0.416 e. The van der Waals surface area contributed by atoms with Gasteiger partial charge in [0.25, 0.3) is 0 Å². The molecule has 2 aliphatic rings. The van der Waals surface area contributed by atoms with Gasteiger partial charge < -0.3 is 14.7 Å². The van der Waals surface area contributed by atoms with Crippen LogP contribution < -0.4 is 0 Å². The number of nitrogens with zero attached hydrogens (tertiary/aromatic N) is 4. The molecule has 0 unspecified atom stereocenters. The molecule has 4 rings (SSSR count). The first-order chi connectivity index (χ1) is 16.0. The first-order valence-corrected chi connectivity index (χ1v) is 11.6. The summed E-state index contributed by atoms with van der Waals surface area (Å²) in [5, 5.41) is 7.03. The number of aromatic amines is 1. The minimum Gasteiger partial charge on any atom is -0.335 e. The van der Waals surface area contributed by atoms with Gasteiger partial charge in [-0.25, -0.2) is 4.79 Å². The summed E-state index contributed by atoms with van der Waals surface area (Å²) in [6, 6.07) is 2.64. The SMILES string of the molecule is CCc1cc([C@@H](C)N(C)C(=O)N2CCN3C(=O)CC[C@H]3[C@@H]2c2cn[nH]c2C)cc(C(F)(F)F)c1. The molecule has 34 heavy (non-hydrogen) atoms. The molecule has 3 atom stereocenters. The maximum atomic E-state index is 13.7. The predicted octanol–water partition coefficient (Wildman–Crippen LogP) is 4.46. The van der Waals surface area contributed by atoms with E-state index >= 15 is 0 Å². The molecule has 1 aromatic heterocycles. The lowest BCUT2D eigenvalue weighted by atomic mass is 9.94. The molecule has 0 saturated carbocycles. The average molecular weight is 478 g/mol. The van der Waals surface area contributed by atoms with Crippen molar-refractivity contribution >= 4 is 11.9 Å². The Morgan fingerprint density at radius 2 is 2.03 bits per heavy atom. The van der Waals surface area contributed by atoms with Crippen LogP contribution >= 0.6 is 0 Å². The molecule has 1 N–H and O–H groups in total. The van der Waals surface area contributed by atoms with Crippen LogP contribution in [0.4, 0.5) is 18.0 Å². The molecule has 3 amide bonds. The van der Waals surface area contributed by atoms with Crippen molar-refractivity contribution in [3.05, 3.63) is 52.3 Å². The van der Waals surface area contributed by atoms with Crippen molar-refractivity contribution in [2.45, 2.75) is 64.3 Å². The highest BCUT2D eigenvalue weighted by Gasteiger charge is 2.46. The third-order valence-corrected chi connectivity index (χ3v) is 7.21. The van der Waals surface area contributed by atoms with E-state index in [4.69, 9.17) is 0 Å². The number of benzene rings is 1. The fraction of sp³-hybridized carbons (Fsp3) is 0.542. The summed E-state index contributed by atoms with van der Waals surface area (Å²) >= 11 is 0. The van der Waals surface area contributed by atoms with Crippen molar-refractivity contribution in [2.24, 2.45) is 0 Å². The van der Waals surface area contributed by atoms with Crippen molar-refractivity contribution in [3.8, 4) is 0 Å². The Bertz CT molecular complexity index is 1080. The lowest BCUT2D eigenvalue weighted by Crippen LogP contribution is -2.57. The summed E-state index contributed by atoms with van der Waals surface area (Å²) in [6.45, 7) is 6.20. The van der Waals surface area contributed by atoms with Crippen LogP contribution in [0.25, 0.3) is 0 Å². The molecule has 184 valence electrons. The number of piperazine rings is 1. The van der Waals surface area contributed by atoms with Crippen LogP contribution in [-0.4, -0.2) is 63.0 Å². The zero-order valence-corrected chi connectivity index (χ0v) is 19.8. The quantitative estimate of drug-likeness (QED) is 0.707. The molecule has 2 aliphatic heterocycles. The number of nitrogens with one attached hydrogen (secondary N) is 1. The monoisotopic (exact) mass is 477 g/mol. The van der Waals surface area contributed by atoms with Crippen LogP contribution in [0.3, 0.4) is 0 Å². The van der Waals surface area contributed by atoms with Gasteiger partial charge in [-0.1, -0.05) is 13.0 Å². The number of aromatic nitrogens is 2. The lowest BCUT2D eigenvalue weighted by Gasteiger charge is -2.46. The van der Waals surface area contributed by atoms with E-state index in [1.807, 2.05) is 11.8 Å². The van der Waals surface area contributed by atoms with E-state index in [0.29, 0.717) is 43.5 Å². The minimum absolute atomic E-state index is 0.0843. The summed E-state index contributed by atoms with van der Waals surface area (Å²) in [7, 11) is 1.62. The van der Waals surface area contributed by atoms with E-state index in [0.717, 1.165) is 23.4 Å². The first kappa shape index (κ1) is 24.1. The highest BCUT2D eigenvalue weighted by atomic mass is 19.4. The first-order valence-electron chi connectivity index (χ1n) is 11.6. The number of amides is 3. The van der Waals surface area contributed by atoms with E-state index in [1.165, 1.54) is 4.90 Å². The van der Waals surface area contributed by atoms with Gasteiger partial charge in [-0.2, -0.15) is 18.3 Å². The Morgan fingerprint density at radius 1 is 1.29 bits per heavy atom. The number of halogens is 3. The van der Waals surface area contributed by atoms with Gasteiger partial charge in [-0.3, -0.25) is 9.89 Å². The summed E-state index contributed by atoms with van der Waals surface area (Å²) in [6.07, 6.45) is -1.23. The molecule has 1 aromatic carbocycles. The predicted molar refractivity (Wildman–Crippen MR) is 120 cm³/mol. The molecule has 2 fully saturated rings. The number of alkyl halides is 3. The van der Waals surface area contributed by atoms with Crippen LogP contribution in [0.15, 0.2) is 24.4 Å². The van der Waals surface area contributed by atoms with Gasteiger partial charge in [0.05, 0.1) is 29.9 Å². The summed E-state index contributed by atoms with van der Waals surface area (Å²) < 4.78 is 40.4. The number of H-pyrrole nitrogens is 1. The maximum absolute atomic E-state index is 13.7. The highest BCUT2D eigenvalue weighted by Crippen LogP contribution is 2.40. The van der Waals surface area contributed by atoms with Crippen molar-refractivity contribution in [1.82, 2.24) is 24.9 Å². The van der Waals surface area contributed by atoms with Crippen molar-refractivity contribution < 1.29 is 22.8 Å². The molecule has 10 heteroatoms.